The molecule has 94 valence electrons. The fourth-order valence-corrected chi connectivity index (χ4v) is 1.18. The predicted molar refractivity (Wildman–Crippen MR) is 73.5 cm³/mol. The van der Waals surface area contributed by atoms with E-state index in [2.05, 4.69) is 45.7 Å². The third-order valence-electron chi connectivity index (χ3n) is 2.14. The van der Waals surface area contributed by atoms with Gasteiger partial charge < -0.3 is 9.64 Å². The Morgan fingerprint density at radius 2 is 1.94 bits per heavy atom. The van der Waals surface area contributed by atoms with E-state index in [0.29, 0.717) is 6.10 Å². The van der Waals surface area contributed by atoms with Gasteiger partial charge in [0.2, 0.25) is 0 Å². The summed E-state index contributed by atoms with van der Waals surface area (Å²) in [6, 6.07) is 0. The van der Waals surface area contributed by atoms with Crippen molar-refractivity contribution in [1.29, 1.82) is 0 Å². The van der Waals surface area contributed by atoms with Gasteiger partial charge in [-0.25, -0.2) is 0 Å². The van der Waals surface area contributed by atoms with Crippen LogP contribution in [-0.2, 0) is 4.74 Å². The molecule has 0 saturated heterocycles. The maximum atomic E-state index is 5.76. The zero-order valence-electron chi connectivity index (χ0n) is 11.3. The van der Waals surface area contributed by atoms with Gasteiger partial charge in [-0.05, 0) is 46.0 Å². The van der Waals surface area contributed by atoms with Gasteiger partial charge in [0.1, 0.15) is 5.76 Å². The summed E-state index contributed by atoms with van der Waals surface area (Å²) in [5.41, 5.74) is 0. The molecule has 1 unspecified atom stereocenters. The Balaban J connectivity index is 0. The fraction of sp³-hybridized carbons (Fsp3) is 0.571. The number of hydrogen-bond acceptors (Lipinski definition) is 2. The summed E-state index contributed by atoms with van der Waals surface area (Å²) in [5.74, 6) is 0.885. The van der Waals surface area contributed by atoms with E-state index >= 15 is 0 Å². The monoisotopic (exact) mass is 225 g/mol. The average molecular weight is 225 g/mol. The summed E-state index contributed by atoms with van der Waals surface area (Å²) in [6.07, 6.45) is 6.12. The van der Waals surface area contributed by atoms with E-state index in [4.69, 9.17) is 4.74 Å². The number of ether oxygens (including phenoxy) is 1. The summed E-state index contributed by atoms with van der Waals surface area (Å²) < 4.78 is 5.76. The van der Waals surface area contributed by atoms with Crippen LogP contribution in [0.4, 0.5) is 0 Å². The van der Waals surface area contributed by atoms with Crippen molar-refractivity contribution in [3.63, 3.8) is 0 Å². The van der Waals surface area contributed by atoms with Crippen molar-refractivity contribution in [2.24, 2.45) is 0 Å². The van der Waals surface area contributed by atoms with E-state index in [-0.39, 0.29) is 0 Å². The molecule has 0 aliphatic rings. The molecule has 2 heteroatoms. The largest absolute Gasteiger partial charge is 0.491 e. The van der Waals surface area contributed by atoms with Gasteiger partial charge in [0.25, 0.3) is 0 Å². The molecule has 0 rings (SSSR count). The second-order valence-corrected chi connectivity index (χ2v) is 3.64. The molecule has 0 amide bonds. The van der Waals surface area contributed by atoms with E-state index < -0.39 is 0 Å². The molecule has 0 radical (unpaired) electrons. The molecular weight excluding hydrogens is 198 g/mol. The molecule has 16 heavy (non-hydrogen) atoms. The highest BCUT2D eigenvalue weighted by Gasteiger charge is 2.08. The Labute approximate surface area is 101 Å². The maximum Gasteiger partial charge on any atom is 0.114 e. The Morgan fingerprint density at radius 1 is 1.38 bits per heavy atom. The molecule has 0 aliphatic heterocycles. The Hall–Kier alpha value is -1.02. The van der Waals surface area contributed by atoms with Crippen LogP contribution in [0.1, 0.15) is 26.7 Å². The zero-order valence-corrected chi connectivity index (χ0v) is 11.3. The van der Waals surface area contributed by atoms with Crippen LogP contribution >= 0.6 is 0 Å². The van der Waals surface area contributed by atoms with Gasteiger partial charge >= 0.3 is 0 Å². The highest BCUT2D eigenvalue weighted by Crippen LogP contribution is 2.10. The van der Waals surface area contributed by atoms with E-state index in [1.165, 1.54) is 0 Å². The SMILES string of the molecule is C=C.C=C/C(=C\C)OC(CC)CCN(C)C. The maximum absolute atomic E-state index is 5.76. The summed E-state index contributed by atoms with van der Waals surface area (Å²) >= 11 is 0. The van der Waals surface area contributed by atoms with Crippen molar-refractivity contribution >= 4 is 0 Å². The summed E-state index contributed by atoms with van der Waals surface area (Å²) in [6.45, 7) is 14.9. The minimum Gasteiger partial charge on any atom is -0.491 e. The Bertz CT molecular complexity index is 197. The third-order valence-corrected chi connectivity index (χ3v) is 2.14. The molecule has 0 saturated carbocycles. The smallest absolute Gasteiger partial charge is 0.114 e. The van der Waals surface area contributed by atoms with Crippen molar-refractivity contribution in [2.45, 2.75) is 32.8 Å². The molecule has 0 heterocycles. The van der Waals surface area contributed by atoms with E-state index in [0.717, 1.165) is 25.1 Å². The lowest BCUT2D eigenvalue weighted by Crippen LogP contribution is -2.20. The molecule has 0 aromatic carbocycles. The highest BCUT2D eigenvalue weighted by atomic mass is 16.5. The molecule has 2 nitrogen and oxygen atoms in total. The van der Waals surface area contributed by atoms with Gasteiger partial charge in [0.05, 0.1) is 6.10 Å². The summed E-state index contributed by atoms with van der Waals surface area (Å²) in [5, 5.41) is 0. The van der Waals surface area contributed by atoms with Crippen molar-refractivity contribution in [1.82, 2.24) is 4.90 Å². The minimum absolute atomic E-state index is 0.307. The number of hydrogen-bond donors (Lipinski definition) is 0. The van der Waals surface area contributed by atoms with Gasteiger partial charge in [-0.15, -0.1) is 13.2 Å². The second kappa shape index (κ2) is 12.1. The van der Waals surface area contributed by atoms with Crippen LogP contribution < -0.4 is 0 Å². The first-order valence-corrected chi connectivity index (χ1v) is 5.74. The highest BCUT2D eigenvalue weighted by molar-refractivity contribution is 5.07. The predicted octanol–water partition coefficient (Wildman–Crippen LogP) is 3.63. The first kappa shape index (κ1) is 17.4. The van der Waals surface area contributed by atoms with Crippen LogP contribution in [0.2, 0.25) is 0 Å². The van der Waals surface area contributed by atoms with Crippen LogP contribution in [0, 0.1) is 0 Å². The standard InChI is InChI=1S/C12H23NO.C2H4/c1-6-11(7-2)14-12(8-3)9-10-13(4)5;1-2/h6-7,12H,1,8-10H2,2-5H3;1-2H2/b11-7+;. The molecule has 0 aromatic rings. The minimum atomic E-state index is 0.307. The quantitative estimate of drug-likeness (QED) is 0.373. The Morgan fingerprint density at radius 3 is 2.25 bits per heavy atom. The van der Waals surface area contributed by atoms with Crippen molar-refractivity contribution < 1.29 is 4.74 Å². The topological polar surface area (TPSA) is 12.5 Å². The first-order chi connectivity index (χ1) is 7.63. The number of nitrogens with zero attached hydrogens (tertiary/aromatic N) is 1. The molecule has 1 atom stereocenters. The molecule has 0 fully saturated rings. The first-order valence-electron chi connectivity index (χ1n) is 5.74. The molecule has 0 aliphatic carbocycles. The second-order valence-electron chi connectivity index (χ2n) is 3.64. The lowest BCUT2D eigenvalue weighted by Gasteiger charge is -2.20. The fourth-order valence-electron chi connectivity index (χ4n) is 1.18. The van der Waals surface area contributed by atoms with Gasteiger partial charge in [0.15, 0.2) is 0 Å². The lowest BCUT2D eigenvalue weighted by molar-refractivity contribution is 0.105. The summed E-state index contributed by atoms with van der Waals surface area (Å²) in [7, 11) is 4.16. The van der Waals surface area contributed by atoms with Crippen molar-refractivity contribution in [3.8, 4) is 0 Å². The normalized spacial score (nSPS) is 12.7. The van der Waals surface area contributed by atoms with Crippen molar-refractivity contribution in [2.75, 3.05) is 20.6 Å². The van der Waals surface area contributed by atoms with Gasteiger partial charge in [-0.2, -0.15) is 0 Å². The van der Waals surface area contributed by atoms with E-state index in [1.54, 1.807) is 6.08 Å². The summed E-state index contributed by atoms with van der Waals surface area (Å²) in [4.78, 5) is 2.18. The van der Waals surface area contributed by atoms with Crippen LogP contribution in [0.3, 0.4) is 0 Å². The van der Waals surface area contributed by atoms with Gasteiger partial charge in [-0.3, -0.25) is 0 Å². The average Bonchev–Trinajstić information content (AvgIpc) is 2.32. The molecular formula is C14H27NO. The molecule has 0 N–H and O–H groups in total. The molecule has 0 spiro atoms. The van der Waals surface area contributed by atoms with Gasteiger partial charge in [-0.1, -0.05) is 13.5 Å². The number of allylic oxidation sites excluding steroid dienone is 2. The van der Waals surface area contributed by atoms with Crippen LogP contribution in [0.5, 0.6) is 0 Å². The number of rotatable bonds is 7. The Kier molecular flexibility index (Phi) is 13.1. The van der Waals surface area contributed by atoms with E-state index in [9.17, 15) is 0 Å². The lowest BCUT2D eigenvalue weighted by atomic mass is 10.2. The van der Waals surface area contributed by atoms with E-state index in [1.807, 2.05) is 13.0 Å². The molecule has 0 aromatic heterocycles. The van der Waals surface area contributed by atoms with Gasteiger partial charge in [0, 0.05) is 6.54 Å². The third kappa shape index (κ3) is 9.53. The van der Waals surface area contributed by atoms with Crippen LogP contribution in [0.15, 0.2) is 37.6 Å². The van der Waals surface area contributed by atoms with Crippen LogP contribution in [-0.4, -0.2) is 31.6 Å². The zero-order chi connectivity index (χ0) is 13.0. The van der Waals surface area contributed by atoms with Crippen molar-refractivity contribution in [3.05, 3.63) is 37.6 Å². The van der Waals surface area contributed by atoms with Crippen LogP contribution in [0.25, 0.3) is 0 Å². The molecule has 0 bridgehead atoms.